The van der Waals surface area contributed by atoms with Crippen molar-refractivity contribution < 1.29 is 4.79 Å². The first-order valence-electron chi connectivity index (χ1n) is 8.84. The number of nitrogens with zero attached hydrogens (tertiary/aromatic N) is 3. The van der Waals surface area contributed by atoms with E-state index in [1.54, 1.807) is 12.5 Å². The smallest absolute Gasteiger partial charge is 0.251 e. The van der Waals surface area contributed by atoms with Gasteiger partial charge in [0.15, 0.2) is 0 Å². The molecule has 2 heterocycles. The van der Waals surface area contributed by atoms with Gasteiger partial charge >= 0.3 is 0 Å². The van der Waals surface area contributed by atoms with Crippen molar-refractivity contribution in [2.75, 3.05) is 0 Å². The maximum atomic E-state index is 12.3. The molecule has 5 heteroatoms. The van der Waals surface area contributed by atoms with E-state index in [1.807, 2.05) is 73.0 Å². The Balaban J connectivity index is 1.46. The molecule has 4 aromatic rings. The molecule has 0 atom stereocenters. The lowest BCUT2D eigenvalue weighted by atomic mass is 10.1. The minimum Gasteiger partial charge on any atom is -0.348 e. The normalized spacial score (nSPS) is 10.9. The molecule has 0 fully saturated rings. The van der Waals surface area contributed by atoms with E-state index in [1.165, 1.54) is 5.56 Å². The second kappa shape index (κ2) is 7.03. The van der Waals surface area contributed by atoms with Crippen LogP contribution in [0.1, 0.15) is 27.0 Å². The molecule has 0 saturated carbocycles. The van der Waals surface area contributed by atoms with Crippen LogP contribution in [0, 0.1) is 13.8 Å². The standard InChI is InChI=1S/C22H20N4O/c1-15-7-9-18(11-16(15)2)22(27)24-13-17-8-10-21(23-12-17)26-14-25-19-5-3-4-6-20(19)26/h3-12,14H,13H2,1-2H3,(H,24,27). The number of hydrogen-bond donors (Lipinski definition) is 1. The predicted octanol–water partition coefficient (Wildman–Crippen LogP) is 3.97. The summed E-state index contributed by atoms with van der Waals surface area (Å²) in [4.78, 5) is 21.2. The van der Waals surface area contributed by atoms with Crippen molar-refractivity contribution >= 4 is 16.9 Å². The number of pyridine rings is 1. The molecule has 0 spiro atoms. The number of benzene rings is 2. The highest BCUT2D eigenvalue weighted by Crippen LogP contribution is 2.16. The fourth-order valence-corrected chi connectivity index (χ4v) is 2.97. The van der Waals surface area contributed by atoms with Crippen molar-refractivity contribution in [3.8, 4) is 5.82 Å². The van der Waals surface area contributed by atoms with E-state index in [0.717, 1.165) is 28.0 Å². The number of rotatable bonds is 4. The molecule has 1 amide bonds. The van der Waals surface area contributed by atoms with Crippen molar-refractivity contribution in [2.24, 2.45) is 0 Å². The zero-order valence-electron chi connectivity index (χ0n) is 15.3. The van der Waals surface area contributed by atoms with Gasteiger partial charge in [-0.05, 0) is 60.9 Å². The van der Waals surface area contributed by atoms with Crippen LogP contribution in [0.3, 0.4) is 0 Å². The van der Waals surface area contributed by atoms with Crippen LogP contribution in [0.2, 0.25) is 0 Å². The van der Waals surface area contributed by atoms with Crippen molar-refractivity contribution in [2.45, 2.75) is 20.4 Å². The van der Waals surface area contributed by atoms with Gasteiger partial charge in [0.2, 0.25) is 0 Å². The number of fused-ring (bicyclic) bond motifs is 1. The van der Waals surface area contributed by atoms with Gasteiger partial charge in [0.25, 0.3) is 5.91 Å². The maximum Gasteiger partial charge on any atom is 0.251 e. The Hall–Kier alpha value is -3.47. The molecule has 2 aromatic carbocycles. The number of aromatic nitrogens is 3. The number of carbonyl (C=O) groups excluding carboxylic acids is 1. The monoisotopic (exact) mass is 356 g/mol. The van der Waals surface area contributed by atoms with Gasteiger partial charge in [-0.1, -0.05) is 24.3 Å². The fourth-order valence-electron chi connectivity index (χ4n) is 2.97. The first-order chi connectivity index (χ1) is 13.1. The predicted molar refractivity (Wildman–Crippen MR) is 106 cm³/mol. The second-order valence-corrected chi connectivity index (χ2v) is 6.61. The third-order valence-corrected chi connectivity index (χ3v) is 4.73. The Bertz CT molecular complexity index is 1110. The Morgan fingerprint density at radius 1 is 1.00 bits per heavy atom. The van der Waals surface area contributed by atoms with Crippen LogP contribution in [-0.4, -0.2) is 20.4 Å². The molecule has 0 bridgehead atoms. The quantitative estimate of drug-likeness (QED) is 0.602. The van der Waals surface area contributed by atoms with E-state index in [0.29, 0.717) is 12.1 Å². The zero-order chi connectivity index (χ0) is 18.8. The molecule has 134 valence electrons. The maximum absolute atomic E-state index is 12.3. The summed E-state index contributed by atoms with van der Waals surface area (Å²) >= 11 is 0. The summed E-state index contributed by atoms with van der Waals surface area (Å²) in [6.07, 6.45) is 3.55. The zero-order valence-corrected chi connectivity index (χ0v) is 15.3. The number of aryl methyl sites for hydroxylation is 2. The average molecular weight is 356 g/mol. The van der Waals surface area contributed by atoms with Gasteiger partial charge in [0.1, 0.15) is 12.1 Å². The van der Waals surface area contributed by atoms with Gasteiger partial charge in [-0.2, -0.15) is 0 Å². The van der Waals surface area contributed by atoms with E-state index in [9.17, 15) is 4.79 Å². The van der Waals surface area contributed by atoms with E-state index in [-0.39, 0.29) is 5.91 Å². The number of carbonyl (C=O) groups is 1. The van der Waals surface area contributed by atoms with Crippen LogP contribution in [-0.2, 0) is 6.54 Å². The molecule has 1 N–H and O–H groups in total. The van der Waals surface area contributed by atoms with E-state index >= 15 is 0 Å². The number of hydrogen-bond acceptors (Lipinski definition) is 3. The highest BCUT2D eigenvalue weighted by atomic mass is 16.1. The largest absolute Gasteiger partial charge is 0.348 e. The molecule has 0 unspecified atom stereocenters. The molecule has 0 aliphatic carbocycles. The summed E-state index contributed by atoms with van der Waals surface area (Å²) in [5.41, 5.74) is 5.86. The number of imidazole rings is 1. The van der Waals surface area contributed by atoms with Crippen LogP contribution >= 0.6 is 0 Å². The SMILES string of the molecule is Cc1ccc(C(=O)NCc2ccc(-n3cnc4ccccc43)nc2)cc1C. The molecule has 0 saturated heterocycles. The summed E-state index contributed by atoms with van der Waals surface area (Å²) < 4.78 is 1.95. The number of nitrogens with one attached hydrogen (secondary N) is 1. The lowest BCUT2D eigenvalue weighted by Gasteiger charge is -2.08. The summed E-state index contributed by atoms with van der Waals surface area (Å²) in [5, 5.41) is 2.95. The van der Waals surface area contributed by atoms with E-state index in [4.69, 9.17) is 0 Å². The van der Waals surface area contributed by atoms with Gasteiger partial charge in [0, 0.05) is 18.3 Å². The third kappa shape index (κ3) is 3.44. The van der Waals surface area contributed by atoms with Gasteiger partial charge < -0.3 is 5.32 Å². The molecule has 0 radical (unpaired) electrons. The van der Waals surface area contributed by atoms with Crippen LogP contribution < -0.4 is 5.32 Å². The van der Waals surface area contributed by atoms with Gasteiger partial charge in [-0.3, -0.25) is 9.36 Å². The Labute approximate surface area is 157 Å². The lowest BCUT2D eigenvalue weighted by Crippen LogP contribution is -2.23. The lowest BCUT2D eigenvalue weighted by molar-refractivity contribution is 0.0951. The highest BCUT2D eigenvalue weighted by Gasteiger charge is 2.08. The van der Waals surface area contributed by atoms with Gasteiger partial charge in [0.05, 0.1) is 11.0 Å². The minimum atomic E-state index is -0.0808. The van der Waals surface area contributed by atoms with Crippen molar-refractivity contribution in [3.63, 3.8) is 0 Å². The number of amides is 1. The van der Waals surface area contributed by atoms with Gasteiger partial charge in [-0.25, -0.2) is 9.97 Å². The Kier molecular flexibility index (Phi) is 4.42. The number of para-hydroxylation sites is 2. The molecule has 0 aliphatic rings. The fraction of sp³-hybridized carbons (Fsp3) is 0.136. The van der Waals surface area contributed by atoms with Crippen LogP contribution in [0.25, 0.3) is 16.9 Å². The topological polar surface area (TPSA) is 59.8 Å². The molecule has 2 aromatic heterocycles. The molecular formula is C22H20N4O. The first-order valence-corrected chi connectivity index (χ1v) is 8.84. The summed E-state index contributed by atoms with van der Waals surface area (Å²) in [7, 11) is 0. The molecular weight excluding hydrogens is 336 g/mol. The average Bonchev–Trinajstić information content (AvgIpc) is 3.13. The minimum absolute atomic E-state index is 0.0808. The summed E-state index contributed by atoms with van der Waals surface area (Å²) in [6.45, 7) is 4.48. The van der Waals surface area contributed by atoms with Crippen LogP contribution in [0.15, 0.2) is 67.1 Å². The molecule has 5 nitrogen and oxygen atoms in total. The Morgan fingerprint density at radius 3 is 2.63 bits per heavy atom. The summed E-state index contributed by atoms with van der Waals surface area (Å²) in [5.74, 6) is 0.718. The highest BCUT2D eigenvalue weighted by molar-refractivity contribution is 5.94. The molecule has 4 rings (SSSR count). The summed E-state index contributed by atoms with van der Waals surface area (Å²) in [6, 6.07) is 17.6. The Morgan fingerprint density at radius 2 is 1.85 bits per heavy atom. The van der Waals surface area contributed by atoms with Crippen LogP contribution in [0.5, 0.6) is 0 Å². The van der Waals surface area contributed by atoms with E-state index < -0.39 is 0 Å². The van der Waals surface area contributed by atoms with Crippen molar-refractivity contribution in [1.82, 2.24) is 19.9 Å². The molecule has 0 aliphatic heterocycles. The second-order valence-electron chi connectivity index (χ2n) is 6.61. The molecule has 27 heavy (non-hydrogen) atoms. The van der Waals surface area contributed by atoms with E-state index in [2.05, 4.69) is 15.3 Å². The van der Waals surface area contributed by atoms with Crippen molar-refractivity contribution in [3.05, 3.63) is 89.4 Å². The first kappa shape index (κ1) is 17.0. The van der Waals surface area contributed by atoms with Crippen LogP contribution in [0.4, 0.5) is 0 Å². The third-order valence-electron chi connectivity index (χ3n) is 4.73. The van der Waals surface area contributed by atoms with Gasteiger partial charge in [-0.15, -0.1) is 0 Å². The van der Waals surface area contributed by atoms with Crippen molar-refractivity contribution in [1.29, 1.82) is 0 Å².